The van der Waals surface area contributed by atoms with Gasteiger partial charge in [0, 0.05) is 22.9 Å². The molecule has 0 saturated carbocycles. The first-order valence-corrected chi connectivity index (χ1v) is 8.83. The number of methoxy groups -OCH3 is 1. The van der Waals surface area contributed by atoms with Crippen LogP contribution < -0.4 is 10.1 Å². The summed E-state index contributed by atoms with van der Waals surface area (Å²) in [6.07, 6.45) is 3.30. The lowest BCUT2D eigenvalue weighted by Gasteiger charge is -2.11. The van der Waals surface area contributed by atoms with Crippen LogP contribution in [0.2, 0.25) is 0 Å². The van der Waals surface area contributed by atoms with Gasteiger partial charge in [-0.25, -0.2) is 4.98 Å². The van der Waals surface area contributed by atoms with Crippen molar-refractivity contribution in [3.05, 3.63) is 64.3 Å². The van der Waals surface area contributed by atoms with Crippen molar-refractivity contribution in [1.29, 1.82) is 0 Å². The van der Waals surface area contributed by atoms with Gasteiger partial charge in [0.15, 0.2) is 0 Å². The number of hydrogen-bond donors (Lipinski definition) is 1. The molecule has 1 heterocycles. The van der Waals surface area contributed by atoms with Crippen LogP contribution in [-0.4, -0.2) is 23.3 Å². The van der Waals surface area contributed by atoms with Crippen molar-refractivity contribution >= 4 is 34.0 Å². The number of anilines is 1. The lowest BCUT2D eigenvalue weighted by atomic mass is 10.1. The van der Waals surface area contributed by atoms with E-state index in [1.54, 1.807) is 37.1 Å². The Labute approximate surface area is 149 Å². The van der Waals surface area contributed by atoms with Crippen molar-refractivity contribution in [3.8, 4) is 5.75 Å². The molecule has 25 heavy (non-hydrogen) atoms. The van der Waals surface area contributed by atoms with E-state index in [1.165, 1.54) is 6.20 Å². The standard InChI is InChI=1S/C18H17N3O3S/c1-24-13-6-7-15-16(9-13)19-11-17(21(22)23)18(15)20-10-12-4-3-5-14(8-12)25-2/h3-9,11H,10H2,1-2H3,(H,19,20). The minimum atomic E-state index is -0.419. The third kappa shape index (κ3) is 3.66. The molecule has 3 aromatic rings. The lowest BCUT2D eigenvalue weighted by molar-refractivity contribution is -0.384. The zero-order chi connectivity index (χ0) is 17.8. The first-order valence-electron chi connectivity index (χ1n) is 7.60. The lowest BCUT2D eigenvalue weighted by Crippen LogP contribution is -2.04. The number of aromatic nitrogens is 1. The highest BCUT2D eigenvalue weighted by atomic mass is 32.2. The number of benzene rings is 2. The summed E-state index contributed by atoms with van der Waals surface area (Å²) in [7, 11) is 1.57. The summed E-state index contributed by atoms with van der Waals surface area (Å²) in [6, 6.07) is 13.4. The number of rotatable bonds is 6. The van der Waals surface area contributed by atoms with Gasteiger partial charge in [0.1, 0.15) is 17.6 Å². The molecule has 0 aliphatic rings. The molecule has 0 aliphatic heterocycles. The second-order valence-corrected chi connectivity index (χ2v) is 6.24. The summed E-state index contributed by atoms with van der Waals surface area (Å²) < 4.78 is 5.20. The van der Waals surface area contributed by atoms with Gasteiger partial charge in [-0.15, -0.1) is 11.8 Å². The highest BCUT2D eigenvalue weighted by Crippen LogP contribution is 2.33. The van der Waals surface area contributed by atoms with Crippen LogP contribution in [0.1, 0.15) is 5.56 Å². The van der Waals surface area contributed by atoms with Crippen LogP contribution in [0.25, 0.3) is 10.9 Å². The number of pyridine rings is 1. The van der Waals surface area contributed by atoms with Gasteiger partial charge >= 0.3 is 5.69 Å². The molecule has 0 fully saturated rings. The number of ether oxygens (including phenoxy) is 1. The van der Waals surface area contributed by atoms with E-state index in [0.29, 0.717) is 28.9 Å². The number of nitro groups is 1. The summed E-state index contributed by atoms with van der Waals surface area (Å²) in [5.74, 6) is 0.660. The molecule has 0 atom stereocenters. The van der Waals surface area contributed by atoms with Gasteiger partial charge in [-0.05, 0) is 36.1 Å². The Morgan fingerprint density at radius 3 is 2.84 bits per heavy atom. The van der Waals surface area contributed by atoms with Gasteiger partial charge in [-0.2, -0.15) is 0 Å². The fourth-order valence-corrected chi connectivity index (χ4v) is 3.07. The molecule has 0 bridgehead atoms. The quantitative estimate of drug-likeness (QED) is 0.399. The molecule has 0 unspecified atom stereocenters. The summed E-state index contributed by atoms with van der Waals surface area (Å²) in [4.78, 5) is 16.3. The van der Waals surface area contributed by atoms with E-state index in [0.717, 1.165) is 10.5 Å². The number of nitrogens with one attached hydrogen (secondary N) is 1. The number of hydrogen-bond acceptors (Lipinski definition) is 6. The molecule has 0 aliphatic carbocycles. The maximum Gasteiger partial charge on any atom is 0.311 e. The second kappa shape index (κ2) is 7.40. The molecule has 0 amide bonds. The van der Waals surface area contributed by atoms with Crippen molar-refractivity contribution < 1.29 is 9.66 Å². The molecule has 1 N–H and O–H groups in total. The van der Waals surface area contributed by atoms with E-state index in [2.05, 4.69) is 16.4 Å². The van der Waals surface area contributed by atoms with Crippen molar-refractivity contribution in [2.24, 2.45) is 0 Å². The minimum Gasteiger partial charge on any atom is -0.497 e. The molecule has 0 spiro atoms. The molecule has 3 rings (SSSR count). The van der Waals surface area contributed by atoms with Crippen LogP contribution >= 0.6 is 11.8 Å². The zero-order valence-corrected chi connectivity index (χ0v) is 14.7. The molecular formula is C18H17N3O3S. The topological polar surface area (TPSA) is 77.3 Å². The minimum absolute atomic E-state index is 0.0429. The summed E-state index contributed by atoms with van der Waals surface area (Å²) in [6.45, 7) is 0.486. The van der Waals surface area contributed by atoms with E-state index < -0.39 is 4.92 Å². The van der Waals surface area contributed by atoms with Crippen LogP contribution in [0.5, 0.6) is 5.75 Å². The Hall–Kier alpha value is -2.80. The Kier molecular flexibility index (Phi) is 5.04. The van der Waals surface area contributed by atoms with E-state index in [9.17, 15) is 10.1 Å². The summed E-state index contributed by atoms with van der Waals surface area (Å²) >= 11 is 1.66. The van der Waals surface area contributed by atoms with Crippen molar-refractivity contribution in [3.63, 3.8) is 0 Å². The monoisotopic (exact) mass is 355 g/mol. The summed E-state index contributed by atoms with van der Waals surface area (Å²) in [5, 5.41) is 15.3. The highest BCUT2D eigenvalue weighted by molar-refractivity contribution is 7.98. The highest BCUT2D eigenvalue weighted by Gasteiger charge is 2.18. The Morgan fingerprint density at radius 1 is 1.28 bits per heavy atom. The van der Waals surface area contributed by atoms with Crippen LogP contribution in [0.4, 0.5) is 11.4 Å². The number of fused-ring (bicyclic) bond motifs is 1. The van der Waals surface area contributed by atoms with Gasteiger partial charge in [0.25, 0.3) is 0 Å². The van der Waals surface area contributed by atoms with Gasteiger partial charge in [0.05, 0.1) is 17.5 Å². The molecule has 6 nitrogen and oxygen atoms in total. The average Bonchev–Trinajstić information content (AvgIpc) is 2.65. The smallest absolute Gasteiger partial charge is 0.311 e. The van der Waals surface area contributed by atoms with Crippen LogP contribution in [0.15, 0.2) is 53.6 Å². The largest absolute Gasteiger partial charge is 0.497 e. The molecular weight excluding hydrogens is 338 g/mol. The van der Waals surface area contributed by atoms with Crippen molar-refractivity contribution in [2.75, 3.05) is 18.7 Å². The zero-order valence-electron chi connectivity index (χ0n) is 13.9. The number of thioether (sulfide) groups is 1. The molecule has 0 saturated heterocycles. The van der Waals surface area contributed by atoms with Crippen molar-refractivity contribution in [1.82, 2.24) is 4.98 Å². The van der Waals surface area contributed by atoms with Crippen LogP contribution in [-0.2, 0) is 6.54 Å². The molecule has 0 radical (unpaired) electrons. The molecule has 7 heteroatoms. The third-order valence-electron chi connectivity index (χ3n) is 3.86. The predicted octanol–water partition coefficient (Wildman–Crippen LogP) is 4.49. The van der Waals surface area contributed by atoms with E-state index in [1.807, 2.05) is 24.5 Å². The first kappa shape index (κ1) is 17.0. The SMILES string of the molecule is COc1ccc2c(NCc3cccc(SC)c3)c([N+](=O)[O-])cnc2c1. The van der Waals surface area contributed by atoms with Gasteiger partial charge < -0.3 is 10.1 Å². The third-order valence-corrected chi connectivity index (χ3v) is 4.58. The molecule has 1 aromatic heterocycles. The fourth-order valence-electron chi connectivity index (χ4n) is 2.59. The predicted molar refractivity (Wildman–Crippen MR) is 100 cm³/mol. The normalized spacial score (nSPS) is 10.6. The maximum atomic E-state index is 11.4. The first-order chi connectivity index (χ1) is 12.1. The van der Waals surface area contributed by atoms with Crippen LogP contribution in [0, 0.1) is 10.1 Å². The average molecular weight is 355 g/mol. The maximum absolute atomic E-state index is 11.4. The molecule has 128 valence electrons. The van der Waals surface area contributed by atoms with Crippen LogP contribution in [0.3, 0.4) is 0 Å². The van der Waals surface area contributed by atoms with E-state index in [4.69, 9.17) is 4.74 Å². The van der Waals surface area contributed by atoms with Gasteiger partial charge in [0.2, 0.25) is 0 Å². The Morgan fingerprint density at radius 2 is 2.12 bits per heavy atom. The number of nitrogens with zero attached hydrogens (tertiary/aromatic N) is 2. The summed E-state index contributed by atoms with van der Waals surface area (Å²) in [5.41, 5.74) is 2.12. The molecule has 2 aromatic carbocycles. The van der Waals surface area contributed by atoms with Gasteiger partial charge in [-0.1, -0.05) is 12.1 Å². The van der Waals surface area contributed by atoms with E-state index >= 15 is 0 Å². The van der Waals surface area contributed by atoms with Gasteiger partial charge in [-0.3, -0.25) is 10.1 Å². The Bertz CT molecular complexity index is 931. The van der Waals surface area contributed by atoms with E-state index in [-0.39, 0.29) is 5.69 Å². The van der Waals surface area contributed by atoms with Crippen molar-refractivity contribution in [2.45, 2.75) is 11.4 Å². The second-order valence-electron chi connectivity index (χ2n) is 5.36. The fraction of sp³-hybridized carbons (Fsp3) is 0.167. The Balaban J connectivity index is 1.99.